The molecule has 1 aliphatic heterocycles. The zero-order valence-electron chi connectivity index (χ0n) is 18.1. The minimum absolute atomic E-state index is 0.279. The van der Waals surface area contributed by atoms with Crippen LogP contribution in [0.15, 0.2) is 113 Å². The third kappa shape index (κ3) is 3.24. The number of hydrogen-bond donors (Lipinski definition) is 1. The first-order valence-electron chi connectivity index (χ1n) is 11.2. The lowest BCUT2D eigenvalue weighted by atomic mass is 10.1. The van der Waals surface area contributed by atoms with Gasteiger partial charge in [0.2, 0.25) is 0 Å². The SMILES string of the molecule is c1ccc(C2=NC(c3ccccc3)N=C(c3ccc4c(c3)sc3sc5ccccc5c34)N2)cc1. The Morgan fingerprint density at radius 3 is 2.06 bits per heavy atom. The van der Waals surface area contributed by atoms with E-state index in [-0.39, 0.29) is 6.17 Å². The summed E-state index contributed by atoms with van der Waals surface area (Å²) in [6, 6.07) is 35.9. The molecule has 6 aromatic rings. The molecule has 7 rings (SSSR count). The maximum atomic E-state index is 5.02. The Hall–Kier alpha value is -3.80. The number of thiophene rings is 2. The summed E-state index contributed by atoms with van der Waals surface area (Å²) in [7, 11) is 0. The van der Waals surface area contributed by atoms with Gasteiger partial charge in [-0.3, -0.25) is 0 Å². The number of hydrogen-bond acceptors (Lipinski definition) is 5. The largest absolute Gasteiger partial charge is 0.324 e. The predicted molar refractivity (Wildman–Crippen MR) is 147 cm³/mol. The van der Waals surface area contributed by atoms with Crippen molar-refractivity contribution in [2.24, 2.45) is 9.98 Å². The first-order valence-corrected chi connectivity index (χ1v) is 12.8. The molecule has 0 saturated carbocycles. The lowest BCUT2D eigenvalue weighted by Gasteiger charge is -2.22. The normalized spacial score (nSPS) is 15.9. The molecular weight excluding hydrogens is 454 g/mol. The molecule has 1 aliphatic rings. The van der Waals surface area contributed by atoms with Gasteiger partial charge < -0.3 is 5.32 Å². The van der Waals surface area contributed by atoms with E-state index in [1.54, 1.807) is 0 Å². The van der Waals surface area contributed by atoms with Gasteiger partial charge in [0, 0.05) is 36.7 Å². The van der Waals surface area contributed by atoms with Gasteiger partial charge in [-0.05, 0) is 17.7 Å². The van der Waals surface area contributed by atoms with Crippen molar-refractivity contribution in [3.05, 3.63) is 120 Å². The summed E-state index contributed by atoms with van der Waals surface area (Å²) < 4.78 is 4.01. The second-order valence-corrected chi connectivity index (χ2v) is 10.7. The van der Waals surface area contributed by atoms with Gasteiger partial charge >= 0.3 is 0 Å². The van der Waals surface area contributed by atoms with Crippen molar-refractivity contribution in [2.75, 3.05) is 0 Å². The Balaban J connectivity index is 1.35. The molecule has 0 radical (unpaired) electrons. The van der Waals surface area contributed by atoms with Crippen molar-refractivity contribution < 1.29 is 0 Å². The first kappa shape index (κ1) is 19.6. The fourth-order valence-electron chi connectivity index (χ4n) is 4.52. The maximum Gasteiger partial charge on any atom is 0.169 e. The van der Waals surface area contributed by atoms with E-state index in [4.69, 9.17) is 9.98 Å². The fourth-order valence-corrected chi connectivity index (χ4v) is 7.17. The highest BCUT2D eigenvalue weighted by Crippen LogP contribution is 2.44. The molecule has 4 aromatic carbocycles. The van der Waals surface area contributed by atoms with E-state index in [1.807, 2.05) is 59.1 Å². The molecular formula is C29H19N3S2. The van der Waals surface area contributed by atoms with Crippen LogP contribution in [0.3, 0.4) is 0 Å². The lowest BCUT2D eigenvalue weighted by molar-refractivity contribution is 0.756. The second kappa shape index (κ2) is 7.90. The van der Waals surface area contributed by atoms with Gasteiger partial charge in [0.25, 0.3) is 0 Å². The van der Waals surface area contributed by atoms with E-state index in [0.29, 0.717) is 0 Å². The van der Waals surface area contributed by atoms with Crippen molar-refractivity contribution >= 4 is 63.9 Å². The molecule has 2 aromatic heterocycles. The van der Waals surface area contributed by atoms with E-state index >= 15 is 0 Å². The molecule has 34 heavy (non-hydrogen) atoms. The van der Waals surface area contributed by atoms with Gasteiger partial charge in [0.05, 0.1) is 4.01 Å². The lowest BCUT2D eigenvalue weighted by Crippen LogP contribution is -2.35. The van der Waals surface area contributed by atoms with Crippen molar-refractivity contribution in [2.45, 2.75) is 6.17 Å². The Morgan fingerprint density at radius 1 is 0.588 bits per heavy atom. The Kier molecular flexibility index (Phi) is 4.57. The van der Waals surface area contributed by atoms with Crippen molar-refractivity contribution in [1.82, 2.24) is 5.32 Å². The van der Waals surface area contributed by atoms with Crippen LogP contribution >= 0.6 is 22.7 Å². The number of rotatable bonds is 3. The third-order valence-corrected chi connectivity index (χ3v) is 8.59. The Bertz CT molecular complexity index is 1730. The summed E-state index contributed by atoms with van der Waals surface area (Å²) in [5, 5.41) is 7.55. The Morgan fingerprint density at radius 2 is 1.24 bits per heavy atom. The van der Waals surface area contributed by atoms with Gasteiger partial charge in [0.1, 0.15) is 11.7 Å². The van der Waals surface area contributed by atoms with Crippen LogP contribution in [0.5, 0.6) is 0 Å². The number of aliphatic imine (C=N–C) groups is 2. The van der Waals surface area contributed by atoms with Gasteiger partial charge in [-0.2, -0.15) is 0 Å². The summed E-state index contributed by atoms with van der Waals surface area (Å²) in [5.41, 5.74) is 3.22. The Labute approximate surface area is 204 Å². The molecule has 3 nitrogen and oxygen atoms in total. The number of benzene rings is 4. The quantitative estimate of drug-likeness (QED) is 0.280. The fraction of sp³-hybridized carbons (Fsp3) is 0.0345. The van der Waals surface area contributed by atoms with Crippen molar-refractivity contribution in [1.29, 1.82) is 0 Å². The summed E-state index contributed by atoms with van der Waals surface area (Å²) in [5.74, 6) is 1.70. The van der Waals surface area contributed by atoms with Crippen LogP contribution in [0, 0.1) is 0 Å². The average molecular weight is 474 g/mol. The number of nitrogens with one attached hydrogen (secondary N) is 1. The highest BCUT2D eigenvalue weighted by molar-refractivity contribution is 7.44. The average Bonchev–Trinajstić information content (AvgIpc) is 3.45. The van der Waals surface area contributed by atoms with Crippen molar-refractivity contribution in [3.63, 3.8) is 0 Å². The van der Waals surface area contributed by atoms with Gasteiger partial charge in [0.15, 0.2) is 6.17 Å². The van der Waals surface area contributed by atoms with Crippen LogP contribution in [0.1, 0.15) is 22.9 Å². The summed E-state index contributed by atoms with van der Waals surface area (Å²) in [6.07, 6.45) is -0.279. The summed E-state index contributed by atoms with van der Waals surface area (Å²) in [6.45, 7) is 0. The molecule has 0 fully saturated rings. The maximum absolute atomic E-state index is 5.02. The van der Waals surface area contributed by atoms with Crippen LogP contribution in [0.25, 0.3) is 29.6 Å². The van der Waals surface area contributed by atoms with Gasteiger partial charge in [-0.25, -0.2) is 9.98 Å². The highest BCUT2D eigenvalue weighted by Gasteiger charge is 2.21. The number of nitrogens with zero attached hydrogens (tertiary/aromatic N) is 2. The molecule has 5 heteroatoms. The monoisotopic (exact) mass is 473 g/mol. The van der Waals surface area contributed by atoms with Crippen LogP contribution < -0.4 is 5.32 Å². The van der Waals surface area contributed by atoms with E-state index in [9.17, 15) is 0 Å². The zero-order chi connectivity index (χ0) is 22.5. The second-order valence-electron chi connectivity index (χ2n) is 8.30. The zero-order valence-corrected chi connectivity index (χ0v) is 19.7. The molecule has 0 spiro atoms. The molecule has 0 bridgehead atoms. The molecule has 1 unspecified atom stereocenters. The summed E-state index contributed by atoms with van der Waals surface area (Å²) >= 11 is 3.74. The predicted octanol–water partition coefficient (Wildman–Crippen LogP) is 7.76. The van der Waals surface area contributed by atoms with E-state index < -0.39 is 0 Å². The number of amidine groups is 2. The van der Waals surface area contributed by atoms with Crippen LogP contribution in [-0.2, 0) is 0 Å². The smallest absolute Gasteiger partial charge is 0.169 e. The van der Waals surface area contributed by atoms with Crippen LogP contribution in [0.4, 0.5) is 0 Å². The molecule has 3 heterocycles. The minimum atomic E-state index is -0.279. The third-order valence-electron chi connectivity index (χ3n) is 6.17. The van der Waals surface area contributed by atoms with Crippen molar-refractivity contribution in [3.8, 4) is 0 Å². The van der Waals surface area contributed by atoms with E-state index in [1.165, 1.54) is 29.6 Å². The molecule has 1 atom stereocenters. The van der Waals surface area contributed by atoms with E-state index in [2.05, 4.69) is 72.0 Å². The minimum Gasteiger partial charge on any atom is -0.324 e. The van der Waals surface area contributed by atoms with Gasteiger partial charge in [-0.1, -0.05) is 91.0 Å². The molecule has 0 amide bonds. The van der Waals surface area contributed by atoms with Crippen LogP contribution in [-0.4, -0.2) is 11.7 Å². The molecule has 1 N–H and O–H groups in total. The highest BCUT2D eigenvalue weighted by atomic mass is 32.2. The first-order chi connectivity index (χ1) is 16.8. The van der Waals surface area contributed by atoms with Gasteiger partial charge in [-0.15, -0.1) is 22.7 Å². The van der Waals surface area contributed by atoms with Crippen LogP contribution in [0.2, 0.25) is 0 Å². The molecule has 0 saturated heterocycles. The standard InChI is InChI=1S/C29H19N3S2/c1-3-9-18(10-4-1)26-30-27(19-11-5-2-6-12-19)32-28(31-26)20-15-16-22-24(17-20)34-29-25(22)21-13-7-8-14-23(21)33-29/h1-17,26H,(H,30,31,32). The van der Waals surface area contributed by atoms with E-state index in [0.717, 1.165) is 28.4 Å². The molecule has 0 aliphatic carbocycles. The molecule has 162 valence electrons. The summed E-state index contributed by atoms with van der Waals surface area (Å²) in [4.78, 5) is 9.96. The topological polar surface area (TPSA) is 36.8 Å². The number of fused-ring (bicyclic) bond motifs is 5.